The Bertz CT molecular complexity index is 544. The highest BCUT2D eigenvalue weighted by atomic mass is 16.5. The van der Waals surface area contributed by atoms with Gasteiger partial charge in [-0.05, 0) is 40.0 Å². The van der Waals surface area contributed by atoms with Crippen LogP contribution in [0.3, 0.4) is 0 Å². The third-order valence-corrected chi connectivity index (χ3v) is 5.48. The van der Waals surface area contributed by atoms with Crippen LogP contribution < -0.4 is 10.6 Å². The Balaban J connectivity index is 1.95. The number of rotatable bonds is 7. The molecule has 0 aromatic carbocycles. The van der Waals surface area contributed by atoms with Gasteiger partial charge in [-0.2, -0.15) is 0 Å². The van der Waals surface area contributed by atoms with Crippen molar-refractivity contribution < 1.29 is 9.15 Å². The van der Waals surface area contributed by atoms with Crippen LogP contribution in [0.5, 0.6) is 0 Å². The maximum Gasteiger partial charge on any atom is 0.214 e. The van der Waals surface area contributed by atoms with Gasteiger partial charge >= 0.3 is 0 Å². The van der Waals surface area contributed by atoms with E-state index in [2.05, 4.69) is 41.4 Å². The lowest BCUT2D eigenvalue weighted by Crippen LogP contribution is -2.65. The van der Waals surface area contributed by atoms with Crippen molar-refractivity contribution in [3.05, 3.63) is 17.3 Å². The number of hydrogen-bond acceptors (Lipinski definition) is 4. The number of aliphatic imine (C=N–C) groups is 1. The molecule has 0 amide bonds. The van der Waals surface area contributed by atoms with Crippen LogP contribution in [0.2, 0.25) is 0 Å². The first-order valence-corrected chi connectivity index (χ1v) is 9.02. The van der Waals surface area contributed by atoms with Crippen molar-refractivity contribution in [2.24, 2.45) is 10.4 Å². The minimum Gasteiger partial charge on any atom is -0.444 e. The Labute approximate surface area is 145 Å². The molecule has 0 radical (unpaired) electrons. The summed E-state index contributed by atoms with van der Waals surface area (Å²) in [6, 6.07) is 0.378. The molecule has 0 aliphatic heterocycles. The molecule has 6 nitrogen and oxygen atoms in total. The molecule has 6 heteroatoms. The van der Waals surface area contributed by atoms with Crippen molar-refractivity contribution in [2.45, 2.75) is 72.6 Å². The van der Waals surface area contributed by atoms with Crippen molar-refractivity contribution in [2.75, 3.05) is 13.7 Å². The van der Waals surface area contributed by atoms with Gasteiger partial charge in [-0.15, -0.1) is 0 Å². The molecule has 1 aromatic rings. The summed E-state index contributed by atoms with van der Waals surface area (Å²) in [5.74, 6) is 2.34. The molecule has 1 heterocycles. The summed E-state index contributed by atoms with van der Waals surface area (Å²) in [5, 5.41) is 6.87. The molecule has 2 N–H and O–H groups in total. The first-order chi connectivity index (χ1) is 11.5. The van der Waals surface area contributed by atoms with Crippen molar-refractivity contribution in [3.63, 3.8) is 0 Å². The van der Waals surface area contributed by atoms with Crippen LogP contribution >= 0.6 is 0 Å². The highest BCUT2D eigenvalue weighted by Crippen LogP contribution is 2.48. The van der Waals surface area contributed by atoms with Gasteiger partial charge in [0.25, 0.3) is 0 Å². The number of guanidine groups is 1. The molecule has 1 fully saturated rings. The number of hydrogen-bond donors (Lipinski definition) is 2. The minimum atomic E-state index is 0.184. The lowest BCUT2D eigenvalue weighted by molar-refractivity contribution is -0.133. The Morgan fingerprint density at radius 3 is 2.54 bits per heavy atom. The smallest absolute Gasteiger partial charge is 0.214 e. The van der Waals surface area contributed by atoms with Crippen LogP contribution in [0.1, 0.15) is 57.4 Å². The summed E-state index contributed by atoms with van der Waals surface area (Å²) in [4.78, 5) is 8.74. The summed E-state index contributed by atoms with van der Waals surface area (Å²) < 4.78 is 11.6. The normalized spacial score (nSPS) is 23.0. The van der Waals surface area contributed by atoms with E-state index >= 15 is 0 Å². The third-order valence-electron chi connectivity index (χ3n) is 5.48. The Hall–Kier alpha value is -1.56. The quantitative estimate of drug-likeness (QED) is 0.592. The average molecular weight is 336 g/mol. The molecule has 0 spiro atoms. The highest BCUT2D eigenvalue weighted by Gasteiger charge is 2.53. The van der Waals surface area contributed by atoms with E-state index in [0.717, 1.165) is 43.3 Å². The van der Waals surface area contributed by atoms with Crippen LogP contribution in [0.4, 0.5) is 0 Å². The SMILES string of the molecule is CCOC1CC(NC(=NC)NCc2nc(C)c(C)o2)C1(CC)CC. The Kier molecular flexibility index (Phi) is 6.27. The fourth-order valence-corrected chi connectivity index (χ4v) is 3.72. The summed E-state index contributed by atoms with van der Waals surface area (Å²) in [6.07, 6.45) is 3.56. The molecule has 1 aliphatic rings. The van der Waals surface area contributed by atoms with Gasteiger partial charge < -0.3 is 19.8 Å². The number of nitrogens with zero attached hydrogens (tertiary/aromatic N) is 2. The van der Waals surface area contributed by atoms with Gasteiger partial charge in [-0.1, -0.05) is 13.8 Å². The molecule has 1 aromatic heterocycles. The fraction of sp³-hybridized carbons (Fsp3) is 0.778. The van der Waals surface area contributed by atoms with Gasteiger partial charge in [-0.25, -0.2) is 4.98 Å². The fourth-order valence-electron chi connectivity index (χ4n) is 3.72. The van der Waals surface area contributed by atoms with E-state index in [4.69, 9.17) is 9.15 Å². The van der Waals surface area contributed by atoms with E-state index in [1.807, 2.05) is 13.8 Å². The molecule has 24 heavy (non-hydrogen) atoms. The zero-order valence-corrected chi connectivity index (χ0v) is 15.9. The van der Waals surface area contributed by atoms with Gasteiger partial charge in [0.2, 0.25) is 5.89 Å². The zero-order valence-electron chi connectivity index (χ0n) is 15.9. The lowest BCUT2D eigenvalue weighted by Gasteiger charge is -2.55. The number of aromatic nitrogens is 1. The van der Waals surface area contributed by atoms with Gasteiger partial charge in [0, 0.05) is 25.1 Å². The summed E-state index contributed by atoms with van der Waals surface area (Å²) >= 11 is 0. The van der Waals surface area contributed by atoms with E-state index in [1.54, 1.807) is 7.05 Å². The largest absolute Gasteiger partial charge is 0.444 e. The van der Waals surface area contributed by atoms with Crippen LogP contribution in [0, 0.1) is 19.3 Å². The second-order valence-corrected chi connectivity index (χ2v) is 6.49. The van der Waals surface area contributed by atoms with Gasteiger partial charge in [-0.3, -0.25) is 4.99 Å². The molecule has 0 bridgehead atoms. The summed E-state index contributed by atoms with van der Waals surface area (Å²) in [6.45, 7) is 11.7. The lowest BCUT2D eigenvalue weighted by atomic mass is 9.58. The summed E-state index contributed by atoms with van der Waals surface area (Å²) in [5.41, 5.74) is 1.12. The number of aryl methyl sites for hydroxylation is 2. The van der Waals surface area contributed by atoms with Crippen LogP contribution in [0.15, 0.2) is 9.41 Å². The van der Waals surface area contributed by atoms with E-state index in [1.165, 1.54) is 0 Å². The molecule has 2 rings (SSSR count). The second-order valence-electron chi connectivity index (χ2n) is 6.49. The number of nitrogens with one attached hydrogen (secondary N) is 2. The molecular weight excluding hydrogens is 304 g/mol. The van der Waals surface area contributed by atoms with Crippen molar-refractivity contribution in [1.29, 1.82) is 0 Å². The van der Waals surface area contributed by atoms with E-state index < -0.39 is 0 Å². The van der Waals surface area contributed by atoms with Crippen molar-refractivity contribution in [3.8, 4) is 0 Å². The highest BCUT2D eigenvalue weighted by molar-refractivity contribution is 5.80. The maximum absolute atomic E-state index is 5.94. The van der Waals surface area contributed by atoms with Crippen molar-refractivity contribution >= 4 is 5.96 Å². The van der Waals surface area contributed by atoms with Crippen molar-refractivity contribution in [1.82, 2.24) is 15.6 Å². The van der Waals surface area contributed by atoms with E-state index in [-0.39, 0.29) is 5.41 Å². The first kappa shape index (κ1) is 18.8. The zero-order chi connectivity index (χ0) is 17.7. The molecule has 2 atom stereocenters. The van der Waals surface area contributed by atoms with Gasteiger partial charge in [0.1, 0.15) is 5.76 Å². The number of oxazole rings is 1. The van der Waals surface area contributed by atoms with Gasteiger partial charge in [0.15, 0.2) is 5.96 Å². The first-order valence-electron chi connectivity index (χ1n) is 9.02. The van der Waals surface area contributed by atoms with E-state index in [9.17, 15) is 0 Å². The number of ether oxygens (including phenoxy) is 1. The molecular formula is C18H32N4O2. The second kappa shape index (κ2) is 8.01. The minimum absolute atomic E-state index is 0.184. The van der Waals surface area contributed by atoms with Crippen LogP contribution in [0.25, 0.3) is 0 Å². The average Bonchev–Trinajstić information content (AvgIpc) is 2.89. The Morgan fingerprint density at radius 2 is 2.04 bits per heavy atom. The molecule has 136 valence electrons. The monoisotopic (exact) mass is 336 g/mol. The molecule has 0 saturated heterocycles. The molecule has 2 unspecified atom stereocenters. The van der Waals surface area contributed by atoms with Crippen LogP contribution in [-0.4, -0.2) is 36.7 Å². The predicted molar refractivity (Wildman–Crippen MR) is 96.1 cm³/mol. The third kappa shape index (κ3) is 3.58. The molecule has 1 saturated carbocycles. The maximum atomic E-state index is 5.94. The summed E-state index contributed by atoms with van der Waals surface area (Å²) in [7, 11) is 1.79. The Morgan fingerprint density at radius 1 is 1.33 bits per heavy atom. The molecule has 1 aliphatic carbocycles. The standard InChI is InChI=1S/C18H32N4O2/c1-7-18(8-2)14(10-15(18)23-9-3)22-17(19-6)20-11-16-21-12(4)13(5)24-16/h14-15H,7-11H2,1-6H3,(H2,19,20,22). The van der Waals surface area contributed by atoms with E-state index in [0.29, 0.717) is 24.6 Å². The predicted octanol–water partition coefficient (Wildman–Crippen LogP) is 2.94. The van der Waals surface area contributed by atoms with Gasteiger partial charge in [0.05, 0.1) is 18.3 Å². The topological polar surface area (TPSA) is 71.7 Å². The van der Waals surface area contributed by atoms with Crippen LogP contribution in [-0.2, 0) is 11.3 Å².